The monoisotopic (exact) mass is 327 g/mol. The first kappa shape index (κ1) is 18.6. The van der Waals surface area contributed by atoms with Gasteiger partial charge in [0.15, 0.2) is 14.6 Å². The van der Waals surface area contributed by atoms with Gasteiger partial charge in [-0.3, -0.25) is 4.79 Å². The number of rotatable bonds is 7. The van der Waals surface area contributed by atoms with Crippen LogP contribution in [0, 0.1) is 0 Å². The van der Waals surface area contributed by atoms with Crippen LogP contribution in [0.5, 0.6) is 0 Å². The first-order chi connectivity index (χ1) is 9.94. The number of hydrogen-bond acceptors (Lipinski definition) is 4. The lowest BCUT2D eigenvalue weighted by Crippen LogP contribution is -2.56. The van der Waals surface area contributed by atoms with Crippen molar-refractivity contribution in [3.8, 4) is 0 Å². The number of hydrogen-bond donors (Lipinski definition) is 1. The van der Waals surface area contributed by atoms with Gasteiger partial charge in [-0.1, -0.05) is 30.3 Å². The first-order valence-corrected chi connectivity index (χ1v) is 8.58. The van der Waals surface area contributed by atoms with E-state index in [0.717, 1.165) is 0 Å². The molecule has 1 atom stereocenters. The van der Waals surface area contributed by atoms with E-state index in [1.165, 1.54) is 6.92 Å². The summed E-state index contributed by atoms with van der Waals surface area (Å²) in [4.78, 5) is 13.6. The molecule has 1 N–H and O–H groups in total. The zero-order chi connectivity index (χ0) is 17.2. The van der Waals surface area contributed by atoms with Crippen molar-refractivity contribution in [1.29, 1.82) is 0 Å². The third kappa shape index (κ3) is 3.50. The largest absolute Gasteiger partial charge is 0.480 e. The summed E-state index contributed by atoms with van der Waals surface area (Å²) in [6, 6.07) is 8.85. The van der Waals surface area contributed by atoms with E-state index in [-0.39, 0.29) is 13.0 Å². The molecule has 0 spiro atoms. The maximum Gasteiger partial charge on any atom is 0.325 e. The molecule has 0 radical (unpaired) electrons. The van der Waals surface area contributed by atoms with Gasteiger partial charge in [0.25, 0.3) is 0 Å². The number of nitrogens with zero attached hydrogens (tertiary/aromatic N) is 1. The van der Waals surface area contributed by atoms with Gasteiger partial charge in [0.05, 0.1) is 4.75 Å². The van der Waals surface area contributed by atoms with E-state index in [1.807, 2.05) is 6.07 Å². The number of aliphatic carboxylic acids is 1. The molecule has 0 aliphatic carbocycles. The second-order valence-electron chi connectivity index (χ2n) is 6.70. The van der Waals surface area contributed by atoms with Gasteiger partial charge in [-0.15, -0.1) is 0 Å². The van der Waals surface area contributed by atoms with E-state index >= 15 is 0 Å². The molecule has 0 saturated heterocycles. The van der Waals surface area contributed by atoms with Crippen molar-refractivity contribution < 1.29 is 18.3 Å². The third-order valence-electron chi connectivity index (χ3n) is 3.85. The highest BCUT2D eigenvalue weighted by atomic mass is 32.2. The second-order valence-corrected chi connectivity index (χ2v) is 9.71. The number of benzene rings is 1. The highest BCUT2D eigenvalue weighted by Gasteiger charge is 2.54. The van der Waals surface area contributed by atoms with Crippen LogP contribution >= 0.6 is 0 Å². The fourth-order valence-corrected chi connectivity index (χ4v) is 4.96. The van der Waals surface area contributed by atoms with Crippen LogP contribution in [0.4, 0.5) is 0 Å². The van der Waals surface area contributed by atoms with E-state index in [9.17, 15) is 18.3 Å². The van der Waals surface area contributed by atoms with Crippen LogP contribution in [0.25, 0.3) is 0 Å². The molecule has 1 aromatic carbocycles. The van der Waals surface area contributed by atoms with E-state index in [4.69, 9.17) is 0 Å². The van der Waals surface area contributed by atoms with Gasteiger partial charge in [0.2, 0.25) is 0 Å². The maximum atomic E-state index is 13.0. The average molecular weight is 327 g/mol. The number of carbonyl (C=O) groups is 1. The molecule has 0 aliphatic rings. The summed E-state index contributed by atoms with van der Waals surface area (Å²) < 4.78 is 23.1. The molecule has 1 aromatic rings. The van der Waals surface area contributed by atoms with Gasteiger partial charge in [-0.25, -0.2) is 8.42 Å². The van der Waals surface area contributed by atoms with Gasteiger partial charge < -0.3 is 10.0 Å². The molecule has 0 saturated carbocycles. The van der Waals surface area contributed by atoms with Crippen LogP contribution < -0.4 is 0 Å². The normalized spacial score (nSPS) is 15.5. The fourth-order valence-electron chi connectivity index (χ4n) is 2.73. The van der Waals surface area contributed by atoms with E-state index < -0.39 is 25.3 Å². The highest BCUT2D eigenvalue weighted by Crippen LogP contribution is 2.33. The minimum absolute atomic E-state index is 0.0532. The SMILES string of the molecule is CN(C)CC(C)(C)S(=O)(=O)C(C)(Cc1ccccc1)C(=O)O. The fraction of sp³-hybridized carbons (Fsp3) is 0.562. The zero-order valence-electron chi connectivity index (χ0n) is 13.8. The summed E-state index contributed by atoms with van der Waals surface area (Å²) in [6.45, 7) is 4.71. The number of sulfone groups is 1. The quantitative estimate of drug-likeness (QED) is 0.827. The first-order valence-electron chi connectivity index (χ1n) is 7.10. The van der Waals surface area contributed by atoms with Crippen molar-refractivity contribution in [3.63, 3.8) is 0 Å². The van der Waals surface area contributed by atoms with Crippen molar-refractivity contribution >= 4 is 15.8 Å². The summed E-state index contributed by atoms with van der Waals surface area (Å²) in [5.41, 5.74) is 0.691. The Morgan fingerprint density at radius 3 is 2.05 bits per heavy atom. The number of carboxylic acids is 1. The Hall–Kier alpha value is -1.40. The Labute approximate surface area is 132 Å². The van der Waals surface area contributed by atoms with Crippen molar-refractivity contribution in [3.05, 3.63) is 35.9 Å². The molecule has 0 fully saturated rings. The minimum Gasteiger partial charge on any atom is -0.480 e. The smallest absolute Gasteiger partial charge is 0.325 e. The van der Waals surface area contributed by atoms with Gasteiger partial charge in [0.1, 0.15) is 0 Å². The van der Waals surface area contributed by atoms with Crippen LogP contribution in [0.2, 0.25) is 0 Å². The Morgan fingerprint density at radius 1 is 1.14 bits per heavy atom. The molecule has 5 nitrogen and oxygen atoms in total. The molecule has 1 rings (SSSR count). The molecular weight excluding hydrogens is 302 g/mol. The van der Waals surface area contributed by atoms with Gasteiger partial charge in [-0.2, -0.15) is 0 Å². The Bertz CT molecular complexity index is 623. The summed E-state index contributed by atoms with van der Waals surface area (Å²) >= 11 is 0. The molecule has 0 aliphatic heterocycles. The topological polar surface area (TPSA) is 74.7 Å². The van der Waals surface area contributed by atoms with Crippen LogP contribution in [0.1, 0.15) is 26.3 Å². The molecule has 0 heterocycles. The lowest BCUT2D eigenvalue weighted by molar-refractivity contribution is -0.139. The van der Waals surface area contributed by atoms with Crippen LogP contribution in [-0.4, -0.2) is 54.5 Å². The average Bonchev–Trinajstić information content (AvgIpc) is 2.37. The molecular formula is C16H25NO4S. The van der Waals surface area contributed by atoms with Crippen molar-refractivity contribution in [2.75, 3.05) is 20.6 Å². The lowest BCUT2D eigenvalue weighted by atomic mass is 10.0. The zero-order valence-corrected chi connectivity index (χ0v) is 14.6. The molecule has 0 amide bonds. The van der Waals surface area contributed by atoms with Gasteiger partial charge in [-0.05, 0) is 40.4 Å². The molecule has 22 heavy (non-hydrogen) atoms. The minimum atomic E-state index is -3.93. The maximum absolute atomic E-state index is 13.0. The standard InChI is InChI=1S/C16H25NO4S/c1-15(2,12-17(4)5)22(20,21)16(3,14(18)19)11-13-9-7-6-8-10-13/h6-10H,11-12H2,1-5H3,(H,18,19). The Morgan fingerprint density at radius 2 is 1.64 bits per heavy atom. The Kier molecular flexibility index (Phi) is 5.41. The summed E-state index contributed by atoms with van der Waals surface area (Å²) in [7, 11) is -0.393. The predicted molar refractivity (Wildman–Crippen MR) is 87.7 cm³/mol. The predicted octanol–water partition coefficient (Wildman–Crippen LogP) is 1.83. The number of carboxylic acid groups (broad SMARTS) is 1. The molecule has 124 valence electrons. The molecule has 6 heteroatoms. The van der Waals surface area contributed by atoms with E-state index in [2.05, 4.69) is 0 Å². The van der Waals surface area contributed by atoms with E-state index in [1.54, 1.807) is 57.1 Å². The second kappa shape index (κ2) is 6.38. The Balaban J connectivity index is 3.32. The molecule has 0 aromatic heterocycles. The van der Waals surface area contributed by atoms with E-state index in [0.29, 0.717) is 5.56 Å². The summed E-state index contributed by atoms with van der Waals surface area (Å²) in [5, 5.41) is 9.63. The van der Waals surface area contributed by atoms with Crippen LogP contribution in [-0.2, 0) is 21.1 Å². The lowest BCUT2D eigenvalue weighted by Gasteiger charge is -2.36. The van der Waals surface area contributed by atoms with Crippen LogP contribution in [0.15, 0.2) is 30.3 Å². The molecule has 0 bridgehead atoms. The third-order valence-corrected chi connectivity index (χ3v) is 6.94. The van der Waals surface area contributed by atoms with Crippen molar-refractivity contribution in [2.24, 2.45) is 0 Å². The molecule has 1 unspecified atom stereocenters. The highest BCUT2D eigenvalue weighted by molar-refractivity contribution is 7.94. The van der Waals surface area contributed by atoms with Crippen molar-refractivity contribution in [2.45, 2.75) is 36.7 Å². The summed E-state index contributed by atoms with van der Waals surface area (Å²) in [6.07, 6.45) is -0.0532. The van der Waals surface area contributed by atoms with Gasteiger partial charge >= 0.3 is 5.97 Å². The van der Waals surface area contributed by atoms with Gasteiger partial charge in [0, 0.05) is 13.0 Å². The van der Waals surface area contributed by atoms with Crippen LogP contribution in [0.3, 0.4) is 0 Å². The van der Waals surface area contributed by atoms with Crippen molar-refractivity contribution in [1.82, 2.24) is 4.90 Å². The summed E-state index contributed by atoms with van der Waals surface area (Å²) in [5.74, 6) is -1.32.